The molecular weight excluding hydrogens is 450 g/mol. The molecule has 0 radical (unpaired) electrons. The molecule has 0 unspecified atom stereocenters. The quantitative estimate of drug-likeness (QED) is 0.309. The molecule has 1 N–H and O–H groups in total. The summed E-state index contributed by atoms with van der Waals surface area (Å²) in [5, 5.41) is 11.8. The number of Topliss-reactive ketones (excluding diaryl/α,β-unsaturated/α-hetero) is 1. The topological polar surface area (TPSA) is 66.8 Å². The van der Waals surface area contributed by atoms with Crippen LogP contribution in [0.3, 0.4) is 0 Å². The van der Waals surface area contributed by atoms with Crippen molar-refractivity contribution >= 4 is 29.1 Å². The molecule has 0 spiro atoms. The van der Waals surface area contributed by atoms with Crippen molar-refractivity contribution in [3.8, 4) is 5.75 Å². The minimum Gasteiger partial charge on any atom is -0.507 e. The number of carbonyl (C=O) groups is 2. The summed E-state index contributed by atoms with van der Waals surface area (Å²) in [6, 6.07) is 21.5. The van der Waals surface area contributed by atoms with Gasteiger partial charge in [-0.15, -0.1) is 0 Å². The summed E-state index contributed by atoms with van der Waals surface area (Å²) in [6.45, 7) is 2.31. The van der Waals surface area contributed by atoms with Gasteiger partial charge in [0.15, 0.2) is 0 Å². The van der Waals surface area contributed by atoms with E-state index in [0.29, 0.717) is 29.1 Å². The predicted octanol–water partition coefficient (Wildman–Crippen LogP) is 5.33. The molecule has 1 fully saturated rings. The minimum atomic E-state index is -0.731. The van der Waals surface area contributed by atoms with Gasteiger partial charge in [0.2, 0.25) is 0 Å². The van der Waals surface area contributed by atoms with Crippen LogP contribution in [-0.4, -0.2) is 34.3 Å². The number of benzene rings is 3. The molecule has 2 aliphatic rings. The molecule has 3 aromatic carbocycles. The standard InChI is InChI=1S/C28H24ClNO4/c1-17-14-21-15-20(10-11-23(21)34-17)26(31)24-25(19-8-5-9-22(29)16-19)30(28(33)27(24)32)13-12-18-6-3-2-4-7-18/h2-11,15-17,25,31H,12-14H2,1H3/t17-,25-/m0/s1. The molecule has 2 aliphatic heterocycles. The van der Waals surface area contributed by atoms with Crippen LogP contribution in [0.2, 0.25) is 5.02 Å². The van der Waals surface area contributed by atoms with Crippen LogP contribution in [0.15, 0.2) is 78.4 Å². The molecule has 0 saturated carbocycles. The summed E-state index contributed by atoms with van der Waals surface area (Å²) >= 11 is 6.26. The van der Waals surface area contributed by atoms with Gasteiger partial charge >= 0.3 is 0 Å². The second-order valence-electron chi connectivity index (χ2n) is 8.74. The number of aliphatic hydroxyl groups is 1. The maximum Gasteiger partial charge on any atom is 0.295 e. The van der Waals surface area contributed by atoms with Crippen LogP contribution in [0, 0.1) is 0 Å². The lowest BCUT2D eigenvalue weighted by Crippen LogP contribution is -2.31. The van der Waals surface area contributed by atoms with Crippen molar-refractivity contribution in [1.29, 1.82) is 0 Å². The normalized spacial score (nSPS) is 20.9. The first kappa shape index (κ1) is 22.2. The zero-order valence-electron chi connectivity index (χ0n) is 18.7. The van der Waals surface area contributed by atoms with Gasteiger partial charge in [-0.3, -0.25) is 9.59 Å². The number of rotatable bonds is 5. The summed E-state index contributed by atoms with van der Waals surface area (Å²) in [6.07, 6.45) is 1.36. The van der Waals surface area contributed by atoms with E-state index in [1.54, 1.807) is 30.3 Å². The number of nitrogens with zero attached hydrogens (tertiary/aromatic N) is 1. The number of hydrogen-bond donors (Lipinski definition) is 1. The van der Waals surface area contributed by atoms with Gasteiger partial charge in [0.25, 0.3) is 11.7 Å². The highest BCUT2D eigenvalue weighted by molar-refractivity contribution is 6.46. The van der Waals surface area contributed by atoms with E-state index >= 15 is 0 Å². The van der Waals surface area contributed by atoms with Crippen LogP contribution in [0.4, 0.5) is 0 Å². The largest absolute Gasteiger partial charge is 0.507 e. The Morgan fingerprint density at radius 3 is 2.62 bits per heavy atom. The number of amides is 1. The number of halogens is 1. The van der Waals surface area contributed by atoms with Gasteiger partial charge < -0.3 is 14.7 Å². The lowest BCUT2D eigenvalue weighted by atomic mass is 9.94. The Morgan fingerprint density at radius 1 is 1.06 bits per heavy atom. The fourth-order valence-electron chi connectivity index (χ4n) is 4.75. The zero-order chi connectivity index (χ0) is 23.8. The van der Waals surface area contributed by atoms with Crippen LogP contribution in [0.25, 0.3) is 5.76 Å². The first-order valence-electron chi connectivity index (χ1n) is 11.3. The molecule has 2 atom stereocenters. The van der Waals surface area contributed by atoms with Crippen molar-refractivity contribution in [1.82, 2.24) is 4.90 Å². The number of aliphatic hydroxyl groups excluding tert-OH is 1. The Morgan fingerprint density at radius 2 is 1.85 bits per heavy atom. The molecule has 3 aromatic rings. The monoisotopic (exact) mass is 473 g/mol. The van der Waals surface area contributed by atoms with E-state index < -0.39 is 17.7 Å². The highest BCUT2D eigenvalue weighted by Crippen LogP contribution is 2.41. The van der Waals surface area contributed by atoms with Crippen molar-refractivity contribution in [2.24, 2.45) is 0 Å². The van der Waals surface area contributed by atoms with E-state index in [4.69, 9.17) is 16.3 Å². The van der Waals surface area contributed by atoms with Crippen LogP contribution in [0.5, 0.6) is 5.75 Å². The molecule has 172 valence electrons. The van der Waals surface area contributed by atoms with Crippen LogP contribution in [0.1, 0.15) is 35.2 Å². The summed E-state index contributed by atoms with van der Waals surface area (Å²) in [7, 11) is 0. The number of ketones is 1. The van der Waals surface area contributed by atoms with Crippen molar-refractivity contribution in [2.75, 3.05) is 6.54 Å². The maximum atomic E-state index is 13.2. The summed E-state index contributed by atoms with van der Waals surface area (Å²) in [5.74, 6) is -0.729. The highest BCUT2D eigenvalue weighted by atomic mass is 35.5. The first-order valence-corrected chi connectivity index (χ1v) is 11.7. The summed E-state index contributed by atoms with van der Waals surface area (Å²) in [5.41, 5.74) is 3.27. The number of carbonyl (C=O) groups excluding carboxylic acids is 2. The Hall–Kier alpha value is -3.57. The van der Waals surface area contributed by atoms with E-state index in [1.165, 1.54) is 4.90 Å². The van der Waals surface area contributed by atoms with Crippen LogP contribution in [-0.2, 0) is 22.4 Å². The molecule has 2 heterocycles. The molecule has 5 nitrogen and oxygen atoms in total. The first-order chi connectivity index (χ1) is 16.4. The lowest BCUT2D eigenvalue weighted by Gasteiger charge is -2.25. The van der Waals surface area contributed by atoms with Crippen LogP contribution < -0.4 is 4.74 Å². The molecule has 0 aliphatic carbocycles. The minimum absolute atomic E-state index is 0.0578. The Balaban J connectivity index is 1.58. The lowest BCUT2D eigenvalue weighted by molar-refractivity contribution is -0.139. The maximum absolute atomic E-state index is 13.2. The number of hydrogen-bond acceptors (Lipinski definition) is 4. The van der Waals surface area contributed by atoms with E-state index in [9.17, 15) is 14.7 Å². The molecule has 1 saturated heterocycles. The number of ether oxygens (including phenoxy) is 1. The van der Waals surface area contributed by atoms with Crippen molar-refractivity contribution in [3.63, 3.8) is 0 Å². The number of fused-ring (bicyclic) bond motifs is 1. The Labute approximate surface area is 203 Å². The van der Waals surface area contributed by atoms with Crippen molar-refractivity contribution in [3.05, 3.63) is 106 Å². The molecule has 0 aromatic heterocycles. The summed E-state index contributed by atoms with van der Waals surface area (Å²) in [4.78, 5) is 27.9. The van der Waals surface area contributed by atoms with Crippen molar-refractivity contribution < 1.29 is 19.4 Å². The predicted molar refractivity (Wildman–Crippen MR) is 131 cm³/mol. The van der Waals surface area contributed by atoms with E-state index in [2.05, 4.69) is 0 Å². The van der Waals surface area contributed by atoms with Crippen LogP contribution >= 0.6 is 11.6 Å². The van der Waals surface area contributed by atoms with Gasteiger partial charge in [0.05, 0.1) is 11.6 Å². The highest BCUT2D eigenvalue weighted by Gasteiger charge is 2.46. The Bertz CT molecular complexity index is 1300. The van der Waals surface area contributed by atoms with Gasteiger partial charge in [-0.2, -0.15) is 0 Å². The fourth-order valence-corrected chi connectivity index (χ4v) is 4.95. The van der Waals surface area contributed by atoms with E-state index in [-0.39, 0.29) is 17.4 Å². The third-order valence-electron chi connectivity index (χ3n) is 6.36. The van der Waals surface area contributed by atoms with Gasteiger partial charge in [-0.1, -0.05) is 54.1 Å². The van der Waals surface area contributed by atoms with Gasteiger partial charge in [-0.25, -0.2) is 0 Å². The molecule has 0 bridgehead atoms. The summed E-state index contributed by atoms with van der Waals surface area (Å²) < 4.78 is 5.76. The third-order valence-corrected chi connectivity index (χ3v) is 6.59. The average Bonchev–Trinajstić information content (AvgIpc) is 3.33. The molecule has 34 heavy (non-hydrogen) atoms. The number of likely N-dealkylation sites (tertiary alicyclic amines) is 1. The second-order valence-corrected chi connectivity index (χ2v) is 9.17. The third kappa shape index (κ3) is 4.08. The molecule has 1 amide bonds. The molecular formula is C28H24ClNO4. The Kier molecular flexibility index (Phi) is 5.88. The average molecular weight is 474 g/mol. The van der Waals surface area contributed by atoms with Crippen molar-refractivity contribution in [2.45, 2.75) is 31.9 Å². The van der Waals surface area contributed by atoms with E-state index in [1.807, 2.05) is 49.4 Å². The SMILES string of the molecule is C[C@H]1Cc2cc(C(O)=C3C(=O)C(=O)N(CCc4ccccc4)[C@H]3c3cccc(Cl)c3)ccc2O1. The zero-order valence-corrected chi connectivity index (χ0v) is 19.5. The van der Waals surface area contributed by atoms with Gasteiger partial charge in [-0.05, 0) is 60.4 Å². The van der Waals surface area contributed by atoms with Gasteiger partial charge in [0, 0.05) is 23.6 Å². The molecule has 6 heteroatoms. The second kappa shape index (κ2) is 8.99. The van der Waals surface area contributed by atoms with Gasteiger partial charge in [0.1, 0.15) is 17.6 Å². The van der Waals surface area contributed by atoms with E-state index in [0.717, 1.165) is 23.3 Å². The smallest absolute Gasteiger partial charge is 0.295 e. The fraction of sp³-hybridized carbons (Fsp3) is 0.214. The molecule has 5 rings (SSSR count).